The molecule has 0 saturated heterocycles. The number of rotatable bonds is 6. The third-order valence-electron chi connectivity index (χ3n) is 2.94. The number of halogens is 1. The second-order valence-corrected chi connectivity index (χ2v) is 4.97. The third kappa shape index (κ3) is 4.12. The highest BCUT2D eigenvalue weighted by Crippen LogP contribution is 2.28. The van der Waals surface area contributed by atoms with Crippen molar-refractivity contribution >= 4 is 29.1 Å². The first-order chi connectivity index (χ1) is 9.99. The van der Waals surface area contributed by atoms with E-state index < -0.39 is 10.8 Å². The van der Waals surface area contributed by atoms with E-state index in [9.17, 15) is 19.7 Å². The van der Waals surface area contributed by atoms with Gasteiger partial charge in [-0.3, -0.25) is 19.7 Å². The molecule has 112 valence electrons. The fourth-order valence-electron chi connectivity index (χ4n) is 1.64. The van der Waals surface area contributed by atoms with Gasteiger partial charge in [0.25, 0.3) is 11.6 Å². The Bertz CT molecular complexity index is 589. The Morgan fingerprint density at radius 1 is 1.38 bits per heavy atom. The van der Waals surface area contributed by atoms with E-state index in [-0.39, 0.29) is 34.8 Å². The van der Waals surface area contributed by atoms with Gasteiger partial charge in [-0.1, -0.05) is 11.6 Å². The molecule has 0 unspecified atom stereocenters. The maximum absolute atomic E-state index is 11.9. The maximum Gasteiger partial charge on any atom is 0.288 e. The number of hydrogen-bond donors (Lipinski definition) is 2. The molecule has 0 radical (unpaired) electrons. The van der Waals surface area contributed by atoms with Crippen molar-refractivity contribution in [1.29, 1.82) is 0 Å². The summed E-state index contributed by atoms with van der Waals surface area (Å²) in [7, 11) is 0. The number of amides is 2. The molecule has 0 atom stereocenters. The summed E-state index contributed by atoms with van der Waals surface area (Å²) in [5.41, 5.74) is -0.383. The minimum Gasteiger partial charge on any atom is -0.354 e. The van der Waals surface area contributed by atoms with Crippen LogP contribution in [0, 0.1) is 16.0 Å². The van der Waals surface area contributed by atoms with E-state index >= 15 is 0 Å². The molecule has 2 N–H and O–H groups in total. The highest BCUT2D eigenvalue weighted by atomic mass is 35.5. The number of carbonyl (C=O) groups excluding carboxylic acids is 2. The fraction of sp³-hybridized carbons (Fsp3) is 0.417. The monoisotopic (exact) mass is 312 g/mol. The highest BCUT2D eigenvalue weighted by Gasteiger charge is 2.29. The van der Waals surface area contributed by atoms with Crippen molar-refractivity contribution in [3.05, 3.63) is 33.1 Å². The van der Waals surface area contributed by atoms with Crippen LogP contribution in [0.3, 0.4) is 0 Å². The molecule has 1 aromatic heterocycles. The van der Waals surface area contributed by atoms with E-state index in [2.05, 4.69) is 15.6 Å². The zero-order valence-electron chi connectivity index (χ0n) is 11.0. The Morgan fingerprint density at radius 3 is 2.67 bits per heavy atom. The summed E-state index contributed by atoms with van der Waals surface area (Å²) in [6, 6.07) is 1.06. The standard InChI is InChI=1S/C12H13ClN4O4/c13-10-9(5-8(6-16-10)17(20)21)12(19)15-4-3-14-11(18)7-1-2-7/h5-7H,1-4H2,(H,14,18)(H,15,19). The van der Waals surface area contributed by atoms with Crippen LogP contribution in [0.25, 0.3) is 0 Å². The minimum atomic E-state index is -0.657. The molecule has 1 heterocycles. The molecule has 2 amide bonds. The van der Waals surface area contributed by atoms with Crippen LogP contribution in [0.1, 0.15) is 23.2 Å². The molecule has 2 rings (SSSR count). The van der Waals surface area contributed by atoms with Gasteiger partial charge in [0.15, 0.2) is 0 Å². The molecule has 1 fully saturated rings. The molecule has 9 heteroatoms. The van der Waals surface area contributed by atoms with E-state index in [4.69, 9.17) is 11.6 Å². The number of aromatic nitrogens is 1. The topological polar surface area (TPSA) is 114 Å². The van der Waals surface area contributed by atoms with Crippen LogP contribution in [-0.4, -0.2) is 34.8 Å². The lowest BCUT2D eigenvalue weighted by atomic mass is 10.2. The van der Waals surface area contributed by atoms with Gasteiger partial charge in [0.1, 0.15) is 11.3 Å². The van der Waals surface area contributed by atoms with Gasteiger partial charge in [0, 0.05) is 25.1 Å². The van der Waals surface area contributed by atoms with Gasteiger partial charge in [-0.25, -0.2) is 4.98 Å². The minimum absolute atomic E-state index is 0.0145. The van der Waals surface area contributed by atoms with Crippen LogP contribution < -0.4 is 10.6 Å². The molecule has 0 spiro atoms. The summed E-state index contributed by atoms with van der Waals surface area (Å²) in [4.78, 5) is 36.8. The zero-order valence-corrected chi connectivity index (χ0v) is 11.7. The quantitative estimate of drug-likeness (QED) is 0.350. The lowest BCUT2D eigenvalue weighted by molar-refractivity contribution is -0.385. The lowest BCUT2D eigenvalue weighted by Gasteiger charge is -2.07. The molecule has 1 saturated carbocycles. The van der Waals surface area contributed by atoms with Gasteiger partial charge < -0.3 is 10.6 Å². The average Bonchev–Trinajstić information content (AvgIpc) is 3.27. The van der Waals surface area contributed by atoms with Gasteiger partial charge in [-0.15, -0.1) is 0 Å². The predicted molar refractivity (Wildman–Crippen MR) is 74.0 cm³/mol. The van der Waals surface area contributed by atoms with Gasteiger partial charge >= 0.3 is 0 Å². The van der Waals surface area contributed by atoms with Crippen LogP contribution in [0.15, 0.2) is 12.3 Å². The van der Waals surface area contributed by atoms with Crippen molar-refractivity contribution in [3.8, 4) is 0 Å². The molecule has 0 aliphatic heterocycles. The van der Waals surface area contributed by atoms with Crippen LogP contribution in [-0.2, 0) is 4.79 Å². The number of pyridine rings is 1. The number of nitrogens with zero attached hydrogens (tertiary/aromatic N) is 2. The van der Waals surface area contributed by atoms with Crippen molar-refractivity contribution in [2.75, 3.05) is 13.1 Å². The van der Waals surface area contributed by atoms with Crippen LogP contribution in [0.4, 0.5) is 5.69 Å². The Hall–Kier alpha value is -2.22. The predicted octanol–water partition coefficient (Wildman–Crippen LogP) is 0.899. The highest BCUT2D eigenvalue weighted by molar-refractivity contribution is 6.32. The summed E-state index contributed by atoms with van der Waals surface area (Å²) in [6.07, 6.45) is 2.80. The molecule has 0 bridgehead atoms. The Kier molecular flexibility index (Phi) is 4.69. The SMILES string of the molecule is O=C(NCCNC(=O)C1CC1)c1cc([N+](=O)[O-])cnc1Cl. The van der Waals surface area contributed by atoms with Crippen molar-refractivity contribution in [1.82, 2.24) is 15.6 Å². The van der Waals surface area contributed by atoms with E-state index in [1.807, 2.05) is 0 Å². The van der Waals surface area contributed by atoms with Gasteiger partial charge in [-0.2, -0.15) is 0 Å². The number of hydrogen-bond acceptors (Lipinski definition) is 5. The summed E-state index contributed by atoms with van der Waals surface area (Å²) < 4.78 is 0. The summed E-state index contributed by atoms with van der Waals surface area (Å²) in [5, 5.41) is 15.7. The third-order valence-corrected chi connectivity index (χ3v) is 3.24. The Labute approximate surface area is 125 Å². The van der Waals surface area contributed by atoms with Gasteiger partial charge in [0.2, 0.25) is 5.91 Å². The normalized spacial score (nSPS) is 13.6. The van der Waals surface area contributed by atoms with E-state index in [0.717, 1.165) is 25.1 Å². The van der Waals surface area contributed by atoms with Crippen molar-refractivity contribution in [2.24, 2.45) is 5.92 Å². The van der Waals surface area contributed by atoms with Crippen molar-refractivity contribution in [2.45, 2.75) is 12.8 Å². The van der Waals surface area contributed by atoms with Crippen LogP contribution in [0.2, 0.25) is 5.15 Å². The van der Waals surface area contributed by atoms with E-state index in [1.165, 1.54) is 0 Å². The summed E-state index contributed by atoms with van der Waals surface area (Å²) in [6.45, 7) is 0.497. The Balaban J connectivity index is 1.86. The summed E-state index contributed by atoms with van der Waals surface area (Å²) in [5.74, 6) is -0.479. The lowest BCUT2D eigenvalue weighted by Crippen LogP contribution is -2.35. The van der Waals surface area contributed by atoms with Crippen LogP contribution >= 0.6 is 11.6 Å². The van der Waals surface area contributed by atoms with E-state index in [0.29, 0.717) is 6.54 Å². The zero-order chi connectivity index (χ0) is 15.4. The second kappa shape index (κ2) is 6.49. The summed E-state index contributed by atoms with van der Waals surface area (Å²) >= 11 is 5.74. The molecule has 1 aliphatic rings. The molecule has 0 aromatic carbocycles. The van der Waals surface area contributed by atoms with E-state index in [1.54, 1.807) is 0 Å². The number of nitro groups is 1. The second-order valence-electron chi connectivity index (χ2n) is 4.61. The first-order valence-corrected chi connectivity index (χ1v) is 6.72. The first kappa shape index (κ1) is 15.2. The largest absolute Gasteiger partial charge is 0.354 e. The number of nitrogens with one attached hydrogen (secondary N) is 2. The average molecular weight is 313 g/mol. The first-order valence-electron chi connectivity index (χ1n) is 6.35. The van der Waals surface area contributed by atoms with Gasteiger partial charge in [-0.05, 0) is 12.8 Å². The van der Waals surface area contributed by atoms with Gasteiger partial charge in [0.05, 0.1) is 10.5 Å². The van der Waals surface area contributed by atoms with Crippen molar-refractivity contribution < 1.29 is 14.5 Å². The Morgan fingerprint density at radius 2 is 2.05 bits per heavy atom. The maximum atomic E-state index is 11.9. The molecule has 21 heavy (non-hydrogen) atoms. The van der Waals surface area contributed by atoms with Crippen molar-refractivity contribution in [3.63, 3.8) is 0 Å². The fourth-order valence-corrected chi connectivity index (χ4v) is 1.83. The molecule has 8 nitrogen and oxygen atoms in total. The smallest absolute Gasteiger partial charge is 0.288 e. The molecular weight excluding hydrogens is 300 g/mol. The number of carbonyl (C=O) groups is 2. The molecular formula is C12H13ClN4O4. The molecule has 1 aliphatic carbocycles. The molecule has 1 aromatic rings. The van der Waals surface area contributed by atoms with Crippen LogP contribution in [0.5, 0.6) is 0 Å².